The number of nitrogens with zero attached hydrogens (tertiary/aromatic N) is 2. The van der Waals surface area contributed by atoms with Crippen LogP contribution in [0.5, 0.6) is 0 Å². The van der Waals surface area contributed by atoms with Crippen LogP contribution in [0.1, 0.15) is 29.6 Å². The molecule has 0 atom stereocenters. The van der Waals surface area contributed by atoms with Crippen LogP contribution in [-0.2, 0) is 6.54 Å². The Bertz CT molecular complexity index is 433. The van der Waals surface area contributed by atoms with E-state index in [2.05, 4.69) is 4.90 Å². The first-order valence-electron chi connectivity index (χ1n) is 6.46. The zero-order chi connectivity index (χ0) is 13.9. The second kappa shape index (κ2) is 5.77. The van der Waals surface area contributed by atoms with E-state index in [1.54, 1.807) is 4.57 Å². The van der Waals surface area contributed by atoms with E-state index < -0.39 is 12.0 Å². The molecule has 0 N–H and O–H groups in total. The Balaban J connectivity index is 1.82. The largest absolute Gasteiger partial charge is 0.454 e. The fraction of sp³-hybridized carbons (Fsp3) is 0.615. The van der Waals surface area contributed by atoms with Crippen molar-refractivity contribution in [3.05, 3.63) is 24.0 Å². The molecule has 106 valence electrons. The summed E-state index contributed by atoms with van der Waals surface area (Å²) in [5, 5.41) is 0. The summed E-state index contributed by atoms with van der Waals surface area (Å²) in [6.45, 7) is 3.83. The second-order valence-corrected chi connectivity index (χ2v) is 4.87. The van der Waals surface area contributed by atoms with Crippen molar-refractivity contribution < 1.29 is 18.0 Å². The van der Waals surface area contributed by atoms with Crippen LogP contribution < -0.4 is 0 Å². The van der Waals surface area contributed by atoms with Gasteiger partial charge in [0.15, 0.2) is 0 Å². The Morgan fingerprint density at radius 2 is 1.89 bits per heavy atom. The quantitative estimate of drug-likeness (QED) is 0.771. The lowest BCUT2D eigenvalue weighted by Crippen LogP contribution is -2.22. The molecule has 1 saturated heterocycles. The predicted molar refractivity (Wildman–Crippen MR) is 65.1 cm³/mol. The molecule has 1 aromatic rings. The fourth-order valence-electron chi connectivity index (χ4n) is 2.36. The third-order valence-electron chi connectivity index (χ3n) is 3.36. The summed E-state index contributed by atoms with van der Waals surface area (Å²) in [5.74, 6) is -1.77. The van der Waals surface area contributed by atoms with Crippen LogP contribution in [-0.4, -0.2) is 41.1 Å². The fourth-order valence-corrected chi connectivity index (χ4v) is 2.36. The van der Waals surface area contributed by atoms with Crippen molar-refractivity contribution in [2.45, 2.75) is 32.0 Å². The van der Waals surface area contributed by atoms with Gasteiger partial charge in [-0.25, -0.2) is 0 Å². The van der Waals surface area contributed by atoms with Crippen LogP contribution in [0.15, 0.2) is 18.5 Å². The summed E-state index contributed by atoms with van der Waals surface area (Å²) in [7, 11) is 0. The Morgan fingerprint density at radius 1 is 1.21 bits per heavy atom. The van der Waals surface area contributed by atoms with E-state index in [1.807, 2.05) is 0 Å². The number of aryl methyl sites for hydroxylation is 1. The van der Waals surface area contributed by atoms with E-state index in [1.165, 1.54) is 31.3 Å². The first kappa shape index (κ1) is 14.1. The molecule has 0 aliphatic carbocycles. The van der Waals surface area contributed by atoms with Crippen molar-refractivity contribution in [3.63, 3.8) is 0 Å². The number of hydrogen-bond acceptors (Lipinski definition) is 2. The van der Waals surface area contributed by atoms with Crippen molar-refractivity contribution in [2.24, 2.45) is 0 Å². The van der Waals surface area contributed by atoms with Gasteiger partial charge in [0.25, 0.3) is 5.78 Å². The molecule has 0 unspecified atom stereocenters. The van der Waals surface area contributed by atoms with Crippen LogP contribution >= 0.6 is 0 Å². The summed E-state index contributed by atoms with van der Waals surface area (Å²) in [6, 6.07) is 1.23. The number of Topliss-reactive ketones (excluding diaryl/α,β-unsaturated/α-hetero) is 1. The lowest BCUT2D eigenvalue weighted by atomic mass is 10.2. The highest BCUT2D eigenvalue weighted by molar-refractivity contribution is 6.00. The molecule has 2 rings (SSSR count). The van der Waals surface area contributed by atoms with Crippen molar-refractivity contribution in [3.8, 4) is 0 Å². The average Bonchev–Trinajstić information content (AvgIpc) is 2.97. The number of carbonyl (C=O) groups excluding carboxylic acids is 1. The number of halogens is 3. The Morgan fingerprint density at radius 3 is 2.53 bits per heavy atom. The Labute approximate surface area is 110 Å². The first-order chi connectivity index (χ1) is 8.97. The van der Waals surface area contributed by atoms with Crippen LogP contribution in [0.4, 0.5) is 13.2 Å². The van der Waals surface area contributed by atoms with Gasteiger partial charge in [-0.05, 0) is 45.0 Å². The van der Waals surface area contributed by atoms with E-state index in [4.69, 9.17) is 0 Å². The van der Waals surface area contributed by atoms with Gasteiger partial charge >= 0.3 is 6.18 Å². The Kier molecular flexibility index (Phi) is 4.29. The minimum atomic E-state index is -4.79. The standard InChI is InChI=1S/C13H17F3N2O/c14-13(15,16)12(19)11-4-9-18(10-11)8-3-7-17-5-1-2-6-17/h4,9-10H,1-3,5-8H2. The molecule has 1 aliphatic rings. The molecule has 0 amide bonds. The number of aromatic nitrogens is 1. The SMILES string of the molecule is O=C(c1ccn(CCCN2CCCC2)c1)C(F)(F)F. The third-order valence-corrected chi connectivity index (χ3v) is 3.36. The number of hydrogen-bond donors (Lipinski definition) is 0. The summed E-state index contributed by atoms with van der Waals surface area (Å²) in [4.78, 5) is 13.4. The smallest absolute Gasteiger partial charge is 0.353 e. The summed E-state index contributed by atoms with van der Waals surface area (Å²) in [6.07, 6.45) is 1.36. The van der Waals surface area contributed by atoms with Crippen molar-refractivity contribution >= 4 is 5.78 Å². The van der Waals surface area contributed by atoms with Crippen LogP contribution in [0.2, 0.25) is 0 Å². The molecule has 1 aromatic heterocycles. The number of rotatable bonds is 5. The topological polar surface area (TPSA) is 25.2 Å². The van der Waals surface area contributed by atoms with Gasteiger partial charge < -0.3 is 9.47 Å². The van der Waals surface area contributed by atoms with Crippen molar-refractivity contribution in [2.75, 3.05) is 19.6 Å². The highest BCUT2D eigenvalue weighted by Gasteiger charge is 2.39. The normalized spacial score (nSPS) is 17.0. The molecule has 6 heteroatoms. The van der Waals surface area contributed by atoms with Gasteiger partial charge in [-0.2, -0.15) is 13.2 Å². The van der Waals surface area contributed by atoms with E-state index in [9.17, 15) is 18.0 Å². The first-order valence-corrected chi connectivity index (χ1v) is 6.46. The van der Waals surface area contributed by atoms with Gasteiger partial charge in [-0.1, -0.05) is 0 Å². The molecule has 0 aromatic carbocycles. The van der Waals surface area contributed by atoms with E-state index in [0.29, 0.717) is 6.54 Å². The highest BCUT2D eigenvalue weighted by atomic mass is 19.4. The molecule has 0 saturated carbocycles. The molecule has 19 heavy (non-hydrogen) atoms. The molecule has 1 aliphatic heterocycles. The van der Waals surface area contributed by atoms with Gasteiger partial charge in [0.05, 0.1) is 0 Å². The highest BCUT2D eigenvalue weighted by Crippen LogP contribution is 2.21. The number of carbonyl (C=O) groups is 1. The Hall–Kier alpha value is -1.30. The average molecular weight is 274 g/mol. The van der Waals surface area contributed by atoms with Crippen LogP contribution in [0.3, 0.4) is 0 Å². The summed E-state index contributed by atoms with van der Waals surface area (Å²) < 4.78 is 38.4. The van der Waals surface area contributed by atoms with Crippen LogP contribution in [0, 0.1) is 0 Å². The monoisotopic (exact) mass is 274 g/mol. The van der Waals surface area contributed by atoms with E-state index in [-0.39, 0.29) is 5.56 Å². The van der Waals surface area contributed by atoms with Crippen molar-refractivity contribution in [1.82, 2.24) is 9.47 Å². The van der Waals surface area contributed by atoms with Gasteiger partial charge in [-0.15, -0.1) is 0 Å². The second-order valence-electron chi connectivity index (χ2n) is 4.87. The van der Waals surface area contributed by atoms with Gasteiger partial charge in [0, 0.05) is 24.5 Å². The van der Waals surface area contributed by atoms with Gasteiger partial charge in [-0.3, -0.25) is 4.79 Å². The molecular weight excluding hydrogens is 257 g/mol. The minimum absolute atomic E-state index is 0.284. The molecule has 0 spiro atoms. The number of alkyl halides is 3. The molecule has 1 fully saturated rings. The molecule has 0 radical (unpaired) electrons. The maximum absolute atomic E-state index is 12.2. The molecule has 3 nitrogen and oxygen atoms in total. The van der Waals surface area contributed by atoms with E-state index in [0.717, 1.165) is 26.1 Å². The zero-order valence-electron chi connectivity index (χ0n) is 10.6. The molecular formula is C13H17F3N2O. The molecule has 0 bridgehead atoms. The molecule has 2 heterocycles. The predicted octanol–water partition coefficient (Wildman–Crippen LogP) is 2.72. The third kappa shape index (κ3) is 3.83. The van der Waals surface area contributed by atoms with Gasteiger partial charge in [0.1, 0.15) is 0 Å². The van der Waals surface area contributed by atoms with Crippen LogP contribution in [0.25, 0.3) is 0 Å². The zero-order valence-corrected chi connectivity index (χ0v) is 10.6. The summed E-state index contributed by atoms with van der Waals surface area (Å²) >= 11 is 0. The van der Waals surface area contributed by atoms with Gasteiger partial charge in [0.2, 0.25) is 0 Å². The van der Waals surface area contributed by atoms with E-state index >= 15 is 0 Å². The number of likely N-dealkylation sites (tertiary alicyclic amines) is 1. The maximum Gasteiger partial charge on any atom is 0.454 e. The van der Waals surface area contributed by atoms with Crippen molar-refractivity contribution in [1.29, 1.82) is 0 Å². The minimum Gasteiger partial charge on any atom is -0.353 e. The summed E-state index contributed by atoms with van der Waals surface area (Å²) in [5.41, 5.74) is -0.284. The lowest BCUT2D eigenvalue weighted by Gasteiger charge is -2.14. The maximum atomic E-state index is 12.2. The number of ketones is 1. The lowest BCUT2D eigenvalue weighted by molar-refractivity contribution is -0.0885.